The van der Waals surface area contributed by atoms with Crippen LogP contribution < -0.4 is 20.1 Å². The summed E-state index contributed by atoms with van der Waals surface area (Å²) in [6.45, 7) is 7.01. The molecule has 0 aliphatic carbocycles. The van der Waals surface area contributed by atoms with Crippen LogP contribution in [0.5, 0.6) is 11.5 Å². The summed E-state index contributed by atoms with van der Waals surface area (Å²) in [7, 11) is 1.67. The molecule has 2 aromatic heterocycles. The van der Waals surface area contributed by atoms with Crippen LogP contribution in [0.3, 0.4) is 0 Å². The highest BCUT2D eigenvalue weighted by atomic mass is 32.1. The van der Waals surface area contributed by atoms with Crippen molar-refractivity contribution in [2.24, 2.45) is 5.92 Å². The van der Waals surface area contributed by atoms with E-state index in [9.17, 15) is 9.59 Å². The summed E-state index contributed by atoms with van der Waals surface area (Å²) < 4.78 is 13.6. The van der Waals surface area contributed by atoms with Gasteiger partial charge < -0.3 is 20.1 Å². The Morgan fingerprint density at radius 3 is 2.74 bits per heavy atom. The van der Waals surface area contributed by atoms with Gasteiger partial charge in [-0.25, -0.2) is 4.68 Å². The third-order valence-electron chi connectivity index (χ3n) is 5.60. The molecular weight excluding hydrogens is 452 g/mol. The Labute approximate surface area is 203 Å². The monoisotopic (exact) mass is 482 g/mol. The number of benzene rings is 1. The van der Waals surface area contributed by atoms with Crippen molar-refractivity contribution < 1.29 is 19.1 Å². The first-order chi connectivity index (χ1) is 16.4. The number of fused-ring (bicyclic) bond motifs is 3. The Hall–Kier alpha value is -3.33. The topological polar surface area (TPSA) is 94.5 Å². The number of aromatic nitrogens is 2. The first-order valence-corrected chi connectivity index (χ1v) is 12.3. The molecule has 1 aliphatic heterocycles. The van der Waals surface area contributed by atoms with Gasteiger partial charge in [0.25, 0.3) is 5.91 Å². The van der Waals surface area contributed by atoms with E-state index in [1.54, 1.807) is 18.4 Å². The number of carbonyl (C=O) groups is 2. The summed E-state index contributed by atoms with van der Waals surface area (Å²) in [5.74, 6) is 1.64. The van der Waals surface area contributed by atoms with Gasteiger partial charge in [-0.05, 0) is 41.8 Å². The molecule has 0 bridgehead atoms. The molecule has 3 heterocycles. The minimum absolute atomic E-state index is 0.0841. The van der Waals surface area contributed by atoms with Gasteiger partial charge in [0.2, 0.25) is 5.91 Å². The van der Waals surface area contributed by atoms with E-state index < -0.39 is 0 Å². The van der Waals surface area contributed by atoms with Crippen LogP contribution in [-0.4, -0.2) is 41.8 Å². The predicted molar refractivity (Wildman–Crippen MR) is 132 cm³/mol. The Morgan fingerprint density at radius 1 is 1.26 bits per heavy atom. The van der Waals surface area contributed by atoms with Crippen molar-refractivity contribution in [1.82, 2.24) is 20.4 Å². The molecule has 0 atom stereocenters. The summed E-state index contributed by atoms with van der Waals surface area (Å²) >= 11 is 1.58. The second kappa shape index (κ2) is 10.3. The standard InChI is InChI=1S/C25H30N4O4S/c1-15(2)10-17-11-19-22(12-21(17)32-4)33-13-20-23(25(31)27-8-5-7-26-16(3)30)28-29(24(19)20)18-6-9-34-14-18/h6,9,11-12,14-15H,5,7-8,10,13H2,1-4H3,(H,26,30)(H,27,31). The summed E-state index contributed by atoms with van der Waals surface area (Å²) in [4.78, 5) is 24.1. The molecule has 0 fully saturated rings. The van der Waals surface area contributed by atoms with Crippen molar-refractivity contribution in [3.63, 3.8) is 0 Å². The highest BCUT2D eigenvalue weighted by Crippen LogP contribution is 2.44. The zero-order valence-electron chi connectivity index (χ0n) is 19.9. The molecule has 4 rings (SSSR count). The van der Waals surface area contributed by atoms with Gasteiger partial charge in [-0.1, -0.05) is 13.8 Å². The van der Waals surface area contributed by atoms with Crippen molar-refractivity contribution in [2.45, 2.75) is 40.2 Å². The van der Waals surface area contributed by atoms with Gasteiger partial charge in [-0.3, -0.25) is 9.59 Å². The summed E-state index contributed by atoms with van der Waals surface area (Å²) in [5, 5.41) is 14.4. The Bertz CT molecular complexity index is 1180. The van der Waals surface area contributed by atoms with Crippen LogP contribution in [0.1, 0.15) is 48.8 Å². The van der Waals surface area contributed by atoms with Gasteiger partial charge in [0.05, 0.1) is 18.5 Å². The van der Waals surface area contributed by atoms with Crippen molar-refractivity contribution in [1.29, 1.82) is 0 Å². The number of carbonyl (C=O) groups excluding carboxylic acids is 2. The molecule has 1 aromatic carbocycles. The van der Waals surface area contributed by atoms with E-state index in [-0.39, 0.29) is 18.4 Å². The number of hydrogen-bond donors (Lipinski definition) is 2. The average Bonchev–Trinajstić information content (AvgIpc) is 3.45. The smallest absolute Gasteiger partial charge is 0.272 e. The van der Waals surface area contributed by atoms with Crippen molar-refractivity contribution in [3.05, 3.63) is 45.8 Å². The minimum atomic E-state index is -0.254. The van der Waals surface area contributed by atoms with Crippen molar-refractivity contribution in [3.8, 4) is 28.4 Å². The molecule has 180 valence electrons. The minimum Gasteiger partial charge on any atom is -0.496 e. The average molecular weight is 483 g/mol. The molecule has 0 unspecified atom stereocenters. The molecule has 34 heavy (non-hydrogen) atoms. The molecule has 2 amide bonds. The highest BCUT2D eigenvalue weighted by molar-refractivity contribution is 7.08. The molecule has 3 aromatic rings. The maximum absolute atomic E-state index is 13.1. The summed E-state index contributed by atoms with van der Waals surface area (Å²) in [5.41, 5.74) is 4.89. The van der Waals surface area contributed by atoms with Crippen LogP contribution in [0.2, 0.25) is 0 Å². The van der Waals surface area contributed by atoms with Crippen LogP contribution in [0.15, 0.2) is 29.0 Å². The van der Waals surface area contributed by atoms with Crippen molar-refractivity contribution >= 4 is 23.2 Å². The molecule has 8 nitrogen and oxygen atoms in total. The van der Waals surface area contributed by atoms with Gasteiger partial charge in [0.1, 0.15) is 18.1 Å². The number of nitrogens with one attached hydrogen (secondary N) is 2. The summed E-state index contributed by atoms with van der Waals surface area (Å²) in [6, 6.07) is 6.02. The lowest BCUT2D eigenvalue weighted by Gasteiger charge is -2.22. The SMILES string of the molecule is COc1cc2c(cc1CC(C)C)-c1c(c(C(=O)NCCCNC(C)=O)nn1-c1ccsc1)CO2. The zero-order chi connectivity index (χ0) is 24.2. The third-order valence-corrected chi connectivity index (χ3v) is 6.27. The molecule has 2 N–H and O–H groups in total. The third kappa shape index (κ3) is 4.94. The normalized spacial score (nSPS) is 12.0. The van der Waals surface area contributed by atoms with Crippen LogP contribution in [0.25, 0.3) is 16.9 Å². The van der Waals surface area contributed by atoms with Gasteiger partial charge in [0, 0.05) is 42.6 Å². The molecule has 0 spiro atoms. The molecular formula is C25H30N4O4S. The van der Waals surface area contributed by atoms with Crippen molar-refractivity contribution in [2.75, 3.05) is 20.2 Å². The lowest BCUT2D eigenvalue weighted by Crippen LogP contribution is -2.29. The molecule has 0 saturated heterocycles. The number of ether oxygens (including phenoxy) is 2. The lowest BCUT2D eigenvalue weighted by atomic mass is 9.95. The molecule has 9 heteroatoms. The number of hydrogen-bond acceptors (Lipinski definition) is 6. The van der Waals surface area contributed by atoms with E-state index in [0.717, 1.165) is 46.0 Å². The fourth-order valence-corrected chi connectivity index (χ4v) is 4.71. The Balaban J connectivity index is 1.72. The zero-order valence-corrected chi connectivity index (χ0v) is 20.8. The Morgan fingerprint density at radius 2 is 2.06 bits per heavy atom. The maximum atomic E-state index is 13.1. The van der Waals surface area contributed by atoms with Gasteiger partial charge in [-0.15, -0.1) is 0 Å². The first kappa shape index (κ1) is 23.8. The first-order valence-electron chi connectivity index (χ1n) is 11.4. The number of rotatable bonds is 9. The second-order valence-corrected chi connectivity index (χ2v) is 9.49. The van der Waals surface area contributed by atoms with Gasteiger partial charge in [0.15, 0.2) is 5.69 Å². The molecule has 1 aliphatic rings. The second-order valence-electron chi connectivity index (χ2n) is 8.71. The van der Waals surface area contributed by atoms with Crippen LogP contribution in [-0.2, 0) is 17.8 Å². The Kier molecular flexibility index (Phi) is 7.21. The van der Waals surface area contributed by atoms with E-state index in [0.29, 0.717) is 31.1 Å². The lowest BCUT2D eigenvalue weighted by molar-refractivity contribution is -0.118. The largest absolute Gasteiger partial charge is 0.496 e. The van der Waals surface area contributed by atoms with E-state index in [1.807, 2.05) is 27.6 Å². The fraction of sp³-hybridized carbons (Fsp3) is 0.400. The van der Waals surface area contributed by atoms with Gasteiger partial charge in [-0.2, -0.15) is 16.4 Å². The number of methoxy groups -OCH3 is 1. The van der Waals surface area contributed by atoms with Crippen LogP contribution >= 0.6 is 11.3 Å². The number of thiophene rings is 1. The van der Waals surface area contributed by atoms with Crippen LogP contribution in [0, 0.1) is 5.92 Å². The summed E-state index contributed by atoms with van der Waals surface area (Å²) in [6.07, 6.45) is 1.50. The predicted octanol–water partition coefficient (Wildman–Crippen LogP) is 3.96. The van der Waals surface area contributed by atoms with Crippen LogP contribution in [0.4, 0.5) is 0 Å². The van der Waals surface area contributed by atoms with Gasteiger partial charge >= 0.3 is 0 Å². The fourth-order valence-electron chi connectivity index (χ4n) is 4.10. The van der Waals surface area contributed by atoms with E-state index in [4.69, 9.17) is 14.6 Å². The highest BCUT2D eigenvalue weighted by Gasteiger charge is 2.31. The number of amides is 2. The van der Waals surface area contributed by atoms with E-state index in [1.165, 1.54) is 6.92 Å². The maximum Gasteiger partial charge on any atom is 0.272 e. The number of nitrogens with zero attached hydrogens (tertiary/aromatic N) is 2. The molecule has 0 radical (unpaired) electrons. The van der Waals surface area contributed by atoms with E-state index >= 15 is 0 Å². The molecule has 0 saturated carbocycles. The quantitative estimate of drug-likeness (QED) is 0.450. The van der Waals surface area contributed by atoms with E-state index in [2.05, 4.69) is 30.5 Å².